The van der Waals surface area contributed by atoms with Crippen LogP contribution in [0.2, 0.25) is 18.7 Å². The molecular weight excluding hydrogens is 350 g/mol. The number of rotatable bonds is 4. The van der Waals surface area contributed by atoms with Crippen molar-refractivity contribution in [3.8, 4) is 5.75 Å². The first-order valence-electron chi connectivity index (χ1n) is 5.03. The highest BCUT2D eigenvalue weighted by Gasteiger charge is 2.15. The van der Waals surface area contributed by atoms with E-state index in [2.05, 4.69) is 0 Å². The second-order valence-electron chi connectivity index (χ2n) is 3.53. The summed E-state index contributed by atoms with van der Waals surface area (Å²) in [6.45, 7) is -0.148. The summed E-state index contributed by atoms with van der Waals surface area (Å²) in [5, 5.41) is 0.788. The van der Waals surface area contributed by atoms with Crippen LogP contribution in [0.25, 0.3) is 0 Å². The normalized spacial score (nSPS) is 10.5. The summed E-state index contributed by atoms with van der Waals surface area (Å²) in [5.74, 6) is 0.208. The molecule has 0 fully saturated rings. The van der Waals surface area contributed by atoms with Gasteiger partial charge in [0.15, 0.2) is 6.61 Å². The smallest absolute Gasteiger partial charge is 0.202 e. The lowest BCUT2D eigenvalue weighted by atomic mass is 10.2. The number of Topliss-reactive ketones (excluding diaryl/α,β-unsaturated/α-hetero) is 1. The Morgan fingerprint density at radius 2 is 1.84 bits per heavy atom. The predicted octanol–water partition coefficient (Wildman–Crippen LogP) is 5.62. The Hall–Kier alpha value is -0.450. The first-order chi connectivity index (χ1) is 8.97. The molecule has 0 atom stereocenters. The number of halogens is 4. The van der Waals surface area contributed by atoms with Crippen LogP contribution in [-0.2, 0) is 0 Å². The lowest BCUT2D eigenvalue weighted by Crippen LogP contribution is -2.11. The van der Waals surface area contributed by atoms with Gasteiger partial charge in [0.2, 0.25) is 5.78 Å². The van der Waals surface area contributed by atoms with Gasteiger partial charge in [-0.3, -0.25) is 4.79 Å². The molecule has 2 nitrogen and oxygen atoms in total. The van der Waals surface area contributed by atoms with Crippen molar-refractivity contribution in [1.82, 2.24) is 0 Å². The number of hydrogen-bond donors (Lipinski definition) is 0. The zero-order valence-electron chi connectivity index (χ0n) is 9.25. The quantitative estimate of drug-likeness (QED) is 0.665. The van der Waals surface area contributed by atoms with Gasteiger partial charge in [0.25, 0.3) is 0 Å². The van der Waals surface area contributed by atoms with E-state index >= 15 is 0 Å². The number of hydrogen-bond acceptors (Lipinski definition) is 3. The molecule has 0 amide bonds. The second kappa shape index (κ2) is 6.33. The van der Waals surface area contributed by atoms with Crippen LogP contribution in [0, 0.1) is 0 Å². The Bertz CT molecular complexity index is 624. The minimum atomic E-state index is -0.251. The number of ether oxygens (including phenoxy) is 1. The van der Waals surface area contributed by atoms with Crippen molar-refractivity contribution in [2.45, 2.75) is 0 Å². The maximum absolute atomic E-state index is 11.9. The summed E-state index contributed by atoms with van der Waals surface area (Å²) in [4.78, 5) is 11.9. The molecule has 0 aliphatic heterocycles. The zero-order chi connectivity index (χ0) is 14.0. The van der Waals surface area contributed by atoms with Crippen molar-refractivity contribution in [2.75, 3.05) is 6.61 Å². The minimum Gasteiger partial charge on any atom is -0.485 e. The van der Waals surface area contributed by atoms with E-state index in [-0.39, 0.29) is 12.4 Å². The van der Waals surface area contributed by atoms with E-state index < -0.39 is 0 Å². The fraction of sp³-hybridized carbons (Fsp3) is 0.0833. The van der Waals surface area contributed by atoms with Gasteiger partial charge >= 0.3 is 0 Å². The topological polar surface area (TPSA) is 26.3 Å². The van der Waals surface area contributed by atoms with Gasteiger partial charge in [-0.05, 0) is 18.2 Å². The van der Waals surface area contributed by atoms with Crippen molar-refractivity contribution in [3.63, 3.8) is 0 Å². The van der Waals surface area contributed by atoms with Gasteiger partial charge in [-0.25, -0.2) is 0 Å². The molecule has 0 aliphatic rings. The van der Waals surface area contributed by atoms with Crippen molar-refractivity contribution < 1.29 is 9.53 Å². The molecule has 0 spiro atoms. The molecule has 0 radical (unpaired) electrons. The SMILES string of the molecule is O=C(COc1ccc(Cl)c(Cl)c1)c1cc(Cl)sc1Cl. The highest BCUT2D eigenvalue weighted by molar-refractivity contribution is 7.20. The minimum absolute atomic E-state index is 0.148. The van der Waals surface area contributed by atoms with Crippen molar-refractivity contribution in [2.24, 2.45) is 0 Å². The van der Waals surface area contributed by atoms with E-state index in [1.807, 2.05) is 0 Å². The fourth-order valence-corrected chi connectivity index (χ4v) is 3.11. The average Bonchev–Trinajstić information content (AvgIpc) is 2.70. The summed E-state index contributed by atoms with van der Waals surface area (Å²) < 4.78 is 6.15. The molecule has 1 aromatic heterocycles. The number of carbonyl (C=O) groups is 1. The lowest BCUT2D eigenvalue weighted by molar-refractivity contribution is 0.0922. The Morgan fingerprint density at radius 1 is 1.11 bits per heavy atom. The van der Waals surface area contributed by atoms with Crippen LogP contribution < -0.4 is 4.74 Å². The van der Waals surface area contributed by atoms with E-state index in [9.17, 15) is 4.79 Å². The van der Waals surface area contributed by atoms with E-state index in [4.69, 9.17) is 51.1 Å². The summed E-state index contributed by atoms with van der Waals surface area (Å²) >= 11 is 24.4. The van der Waals surface area contributed by atoms with Crippen LogP contribution in [0.4, 0.5) is 0 Å². The molecule has 0 N–H and O–H groups in total. The van der Waals surface area contributed by atoms with Crippen LogP contribution in [-0.4, -0.2) is 12.4 Å². The maximum Gasteiger partial charge on any atom is 0.202 e. The number of carbonyl (C=O) groups excluding carboxylic acids is 1. The molecular formula is C12H6Cl4O2S. The monoisotopic (exact) mass is 354 g/mol. The van der Waals surface area contributed by atoms with E-state index in [1.165, 1.54) is 6.07 Å². The van der Waals surface area contributed by atoms with Crippen LogP contribution in [0.15, 0.2) is 24.3 Å². The van der Waals surface area contributed by atoms with Gasteiger partial charge in [0.1, 0.15) is 10.1 Å². The summed E-state index contributed by atoms with van der Waals surface area (Å²) in [7, 11) is 0. The van der Waals surface area contributed by atoms with Gasteiger partial charge < -0.3 is 4.74 Å². The van der Waals surface area contributed by atoms with Gasteiger partial charge in [-0.2, -0.15) is 0 Å². The number of ketones is 1. The van der Waals surface area contributed by atoms with Gasteiger partial charge in [-0.1, -0.05) is 46.4 Å². The molecule has 7 heteroatoms. The van der Waals surface area contributed by atoms with E-state index in [0.717, 1.165) is 11.3 Å². The van der Waals surface area contributed by atoms with E-state index in [1.54, 1.807) is 18.2 Å². The van der Waals surface area contributed by atoms with Crippen LogP contribution in [0.1, 0.15) is 10.4 Å². The molecule has 0 saturated carbocycles. The highest BCUT2D eigenvalue weighted by atomic mass is 35.5. The van der Waals surface area contributed by atoms with Crippen LogP contribution in [0.5, 0.6) is 5.75 Å². The van der Waals surface area contributed by atoms with Crippen molar-refractivity contribution in [3.05, 3.63) is 48.5 Å². The molecule has 2 rings (SSSR count). The molecule has 0 aliphatic carbocycles. The Kier molecular flexibility index (Phi) is 4.98. The number of benzene rings is 1. The standard InChI is InChI=1S/C12H6Cl4O2S/c13-8-2-1-6(3-9(8)14)18-5-10(17)7-4-11(15)19-12(7)16/h1-4H,5H2. The molecule has 0 bridgehead atoms. The predicted molar refractivity (Wildman–Crippen MR) is 80.6 cm³/mol. The Morgan fingerprint density at radius 3 is 2.42 bits per heavy atom. The summed E-state index contributed by atoms with van der Waals surface area (Å²) in [6, 6.07) is 6.29. The third-order valence-electron chi connectivity index (χ3n) is 2.22. The van der Waals surface area contributed by atoms with E-state index in [0.29, 0.717) is 30.0 Å². The molecule has 2 aromatic rings. The first kappa shape index (κ1) is 14.9. The third-order valence-corrected chi connectivity index (χ3v) is 4.44. The van der Waals surface area contributed by atoms with Crippen molar-refractivity contribution in [1.29, 1.82) is 0 Å². The summed E-state index contributed by atoms with van der Waals surface area (Å²) in [6.07, 6.45) is 0. The van der Waals surface area contributed by atoms with Gasteiger partial charge in [0.05, 0.1) is 19.9 Å². The van der Waals surface area contributed by atoms with Crippen LogP contribution >= 0.6 is 57.7 Å². The number of thiophene rings is 1. The Labute approximate surface area is 133 Å². The fourth-order valence-electron chi connectivity index (χ4n) is 1.32. The molecule has 0 unspecified atom stereocenters. The molecule has 100 valence electrons. The van der Waals surface area contributed by atoms with Crippen molar-refractivity contribution >= 4 is 63.5 Å². The lowest BCUT2D eigenvalue weighted by Gasteiger charge is -2.06. The zero-order valence-corrected chi connectivity index (χ0v) is 13.1. The van der Waals surface area contributed by atoms with Gasteiger partial charge in [-0.15, -0.1) is 11.3 Å². The Balaban J connectivity index is 2.04. The second-order valence-corrected chi connectivity index (χ2v) is 6.63. The highest BCUT2D eigenvalue weighted by Crippen LogP contribution is 2.31. The average molecular weight is 356 g/mol. The summed E-state index contributed by atoms with van der Waals surface area (Å²) in [5.41, 5.74) is 0.358. The largest absolute Gasteiger partial charge is 0.485 e. The molecule has 19 heavy (non-hydrogen) atoms. The maximum atomic E-state index is 11.9. The molecule has 1 heterocycles. The third kappa shape index (κ3) is 3.77. The van der Waals surface area contributed by atoms with Crippen LogP contribution in [0.3, 0.4) is 0 Å². The first-order valence-corrected chi connectivity index (χ1v) is 7.36. The van der Waals surface area contributed by atoms with Gasteiger partial charge in [0, 0.05) is 6.07 Å². The molecule has 0 saturated heterocycles. The molecule has 1 aromatic carbocycles.